The van der Waals surface area contributed by atoms with Crippen molar-refractivity contribution >= 4 is 62.6 Å². The average Bonchev–Trinajstić information content (AvgIpc) is 4.43. The number of H-pyrrole nitrogens is 1. The summed E-state index contributed by atoms with van der Waals surface area (Å²) in [7, 11) is 1.58. The first-order valence-electron chi connectivity index (χ1n) is 26.3. The number of benzene rings is 5. The third kappa shape index (κ3) is 10.8. The summed E-state index contributed by atoms with van der Waals surface area (Å²) in [5, 5.41) is 44.4. The molecule has 7 atom stereocenters. The first-order chi connectivity index (χ1) is 39.0. The topological polar surface area (TPSA) is 218 Å². The summed E-state index contributed by atoms with van der Waals surface area (Å²) in [6.45, 7) is 6.35. The predicted octanol–water partition coefficient (Wildman–Crippen LogP) is 8.51. The largest absolute Gasteiger partial charge is 0.486 e. The molecule has 81 heavy (non-hydrogen) atoms. The number of hydrogen-bond acceptors (Lipinski definition) is 14. The van der Waals surface area contributed by atoms with E-state index in [4.69, 9.17) is 47.4 Å². The zero-order valence-electron chi connectivity index (χ0n) is 44.1. The lowest BCUT2D eigenvalue weighted by Gasteiger charge is -2.30. The number of methoxy groups -OCH3 is 1. The lowest BCUT2D eigenvalue weighted by Crippen LogP contribution is -2.50. The van der Waals surface area contributed by atoms with E-state index in [1.165, 1.54) is 46.1 Å². The number of aliphatic hydroxyl groups excluding tert-OH is 2. The van der Waals surface area contributed by atoms with Gasteiger partial charge in [0.05, 0.1) is 58.4 Å². The molecule has 3 saturated heterocycles. The number of likely N-dealkylation sites (tertiary alicyclic amines) is 1. The van der Waals surface area contributed by atoms with E-state index in [1.54, 1.807) is 19.4 Å². The summed E-state index contributed by atoms with van der Waals surface area (Å²) in [4.78, 5) is 41.9. The molecule has 3 fully saturated rings. The third-order valence-corrected chi connectivity index (χ3v) is 15.9. The Balaban J connectivity index is 0.846. The highest BCUT2D eigenvalue weighted by atomic mass is 35.5. The van der Waals surface area contributed by atoms with E-state index < -0.39 is 71.5 Å². The molecule has 0 radical (unpaired) electrons. The van der Waals surface area contributed by atoms with Gasteiger partial charge in [0.15, 0.2) is 5.75 Å². The van der Waals surface area contributed by atoms with Crippen molar-refractivity contribution in [2.75, 3.05) is 44.9 Å². The summed E-state index contributed by atoms with van der Waals surface area (Å²) < 4.78 is 78.2. The van der Waals surface area contributed by atoms with Gasteiger partial charge in [-0.15, -0.1) is 5.10 Å². The molecular weight excluding hydrogens is 1100 g/mol. The highest BCUT2D eigenvalue weighted by molar-refractivity contribution is 6.39. The van der Waals surface area contributed by atoms with Crippen LogP contribution in [0.1, 0.15) is 56.8 Å². The SMILES string of the molecule is CO[C@@H](C)COc1nc(N2C[C@@H]3C[C@H]2CN3)c2cc(Cl)c(-c3c(Cl)c(F)cc4[nH]ncc34)c(OCc3ccc(-c4cn([C@H](C(=O)N5C[C@H](O)C[C@H]5C(=O)N[C@@H](CO)c5ccc(-c6c(F)cc(F)cc6F)cc5)C(C)C)nn4)cc3)c2n1. The number of piperazine rings is 1. The van der Waals surface area contributed by atoms with E-state index in [0.717, 1.165) is 13.0 Å². The van der Waals surface area contributed by atoms with E-state index in [9.17, 15) is 33.0 Å². The number of amides is 2. The number of β-amino-alcohol motifs (C(OH)–C–C–N with tert-alkyl or cyclic N) is 1. The Morgan fingerprint density at radius 1 is 0.877 bits per heavy atom. The Hall–Kier alpha value is -7.47. The number of hydrogen-bond donors (Lipinski definition) is 5. The van der Waals surface area contributed by atoms with E-state index in [2.05, 4.69) is 36.0 Å². The number of halogens is 6. The van der Waals surface area contributed by atoms with E-state index in [1.807, 2.05) is 45.0 Å². The monoisotopic (exact) mass is 1150 g/mol. The summed E-state index contributed by atoms with van der Waals surface area (Å²) >= 11 is 14.1. The zero-order chi connectivity index (χ0) is 57.0. The summed E-state index contributed by atoms with van der Waals surface area (Å²) in [5.41, 5.74) is 3.10. The molecule has 18 nitrogen and oxygen atoms in total. The number of aromatic amines is 1. The van der Waals surface area contributed by atoms with Crippen LogP contribution in [0, 0.1) is 29.2 Å². The van der Waals surface area contributed by atoms with Gasteiger partial charge in [0.2, 0.25) is 11.8 Å². The van der Waals surface area contributed by atoms with Gasteiger partial charge in [-0.1, -0.05) is 90.8 Å². The molecule has 0 aliphatic carbocycles. The van der Waals surface area contributed by atoms with Crippen molar-refractivity contribution in [2.45, 2.75) is 82.6 Å². The molecule has 5 aromatic carbocycles. The smallest absolute Gasteiger partial charge is 0.319 e. The van der Waals surface area contributed by atoms with Crippen molar-refractivity contribution in [3.63, 3.8) is 0 Å². The van der Waals surface area contributed by atoms with E-state index in [-0.39, 0.29) is 88.8 Å². The number of anilines is 1. The second-order valence-electron chi connectivity index (χ2n) is 20.9. The highest BCUT2D eigenvalue weighted by Gasteiger charge is 2.44. The van der Waals surface area contributed by atoms with Crippen molar-refractivity contribution in [3.05, 3.63) is 130 Å². The number of aromatic nitrogens is 7. The van der Waals surface area contributed by atoms with Gasteiger partial charge in [-0.05, 0) is 42.0 Å². The number of ether oxygens (including phenoxy) is 3. The van der Waals surface area contributed by atoms with E-state index >= 15 is 4.39 Å². The number of rotatable bonds is 18. The maximum absolute atomic E-state index is 15.7. The minimum absolute atomic E-state index is 0.0307. The van der Waals surface area contributed by atoms with Crippen LogP contribution in [0.3, 0.4) is 0 Å². The molecule has 0 spiro atoms. The molecule has 422 valence electrons. The lowest BCUT2D eigenvalue weighted by atomic mass is 9.98. The van der Waals surface area contributed by atoms with Crippen LogP contribution in [0.5, 0.6) is 11.8 Å². The van der Waals surface area contributed by atoms with Crippen molar-refractivity contribution in [1.29, 1.82) is 0 Å². The molecule has 0 unspecified atom stereocenters. The standard InChI is InChI=1S/C57H55Cl2F4N11O7/c1-27(2)52(56(78)73-22-36(76)16-46(73)55(77)66-45(24-75)31-9-11-32(12-10-31)47-40(61)13-33(60)14-41(47)62)74-23-44(70-71-74)30-7-5-29(6-8-30)26-80-53-49(48-38-20-65-69-43(38)18-42(63)50(48)59)39(58)17-37-51(53)67-57(81-25-28(3)79-4)68-54(37)72-21-34-15-35(72)19-64-34/h5-14,17-18,20,23,27-28,34-36,45-46,52,64,75-76H,15-16,19,21-22,24-26H2,1-4H3,(H,65,69)(H,66,77)/t28-,34-,35-,36+,45-,46-,52-/m0/s1. The van der Waals surface area contributed by atoms with Crippen LogP contribution >= 0.6 is 23.2 Å². The van der Waals surface area contributed by atoms with Gasteiger partial charge in [-0.2, -0.15) is 15.1 Å². The first kappa shape index (κ1) is 55.4. The second kappa shape index (κ2) is 22.8. The van der Waals surface area contributed by atoms with Crippen LogP contribution < -0.4 is 25.0 Å². The zero-order valence-corrected chi connectivity index (χ0v) is 45.7. The molecule has 11 rings (SSSR count). The van der Waals surface area contributed by atoms with Gasteiger partial charge in [0, 0.05) is 90.9 Å². The predicted molar refractivity (Wildman–Crippen MR) is 294 cm³/mol. The Morgan fingerprint density at radius 2 is 1.62 bits per heavy atom. The fraction of sp³-hybridized carbons (Fsp3) is 0.351. The lowest BCUT2D eigenvalue weighted by molar-refractivity contribution is -0.142. The number of nitrogens with zero attached hydrogens (tertiary/aromatic N) is 8. The molecule has 8 aromatic rings. The molecule has 3 aromatic heterocycles. The molecule has 24 heteroatoms. The minimum atomic E-state index is -1.13. The van der Waals surface area contributed by atoms with Gasteiger partial charge < -0.3 is 44.9 Å². The van der Waals surface area contributed by atoms with Crippen molar-refractivity contribution < 1.29 is 51.6 Å². The van der Waals surface area contributed by atoms with Gasteiger partial charge in [-0.25, -0.2) is 22.2 Å². The maximum Gasteiger partial charge on any atom is 0.319 e. The van der Waals surface area contributed by atoms with Crippen molar-refractivity contribution in [2.24, 2.45) is 5.92 Å². The van der Waals surface area contributed by atoms with Crippen LogP contribution in [0.2, 0.25) is 10.0 Å². The number of carbonyl (C=O) groups excluding carboxylic acids is 2. The van der Waals surface area contributed by atoms with Crippen LogP contribution in [0.25, 0.3) is 55.3 Å². The van der Waals surface area contributed by atoms with Crippen LogP contribution in [0.4, 0.5) is 23.4 Å². The number of aliphatic hydroxyl groups is 2. The molecule has 0 saturated carbocycles. The minimum Gasteiger partial charge on any atom is -0.486 e. The Bertz CT molecular complexity index is 3660. The van der Waals surface area contributed by atoms with Crippen molar-refractivity contribution in [3.8, 4) is 45.3 Å². The van der Waals surface area contributed by atoms with Gasteiger partial charge >= 0.3 is 6.01 Å². The van der Waals surface area contributed by atoms with Crippen LogP contribution in [-0.2, 0) is 20.9 Å². The fourth-order valence-corrected chi connectivity index (χ4v) is 11.6. The number of fused-ring (bicyclic) bond motifs is 4. The summed E-state index contributed by atoms with van der Waals surface area (Å²) in [5.74, 6) is -4.66. The molecule has 2 bridgehead atoms. The molecule has 3 aliphatic rings. The Labute approximate surface area is 471 Å². The van der Waals surface area contributed by atoms with Gasteiger partial charge in [0.25, 0.3) is 0 Å². The molecule has 6 heterocycles. The highest BCUT2D eigenvalue weighted by Crippen LogP contribution is 2.50. The molecule has 5 N–H and O–H groups in total. The normalized spacial score (nSPS) is 19.0. The van der Waals surface area contributed by atoms with Gasteiger partial charge in [0.1, 0.15) is 65.6 Å². The quantitative estimate of drug-likeness (QED) is 0.0509. The third-order valence-electron chi connectivity index (χ3n) is 15.2. The maximum atomic E-state index is 15.7. The van der Waals surface area contributed by atoms with Crippen LogP contribution in [0.15, 0.2) is 85.2 Å². The molecule has 2 amide bonds. The molecule has 3 aliphatic heterocycles. The summed E-state index contributed by atoms with van der Waals surface area (Å²) in [6, 6.07) is 14.5. The van der Waals surface area contributed by atoms with Crippen molar-refractivity contribution in [1.82, 2.24) is 50.7 Å². The van der Waals surface area contributed by atoms with E-state index in [0.29, 0.717) is 68.7 Å². The number of carbonyl (C=O) groups is 2. The van der Waals surface area contributed by atoms with Gasteiger partial charge in [-0.3, -0.25) is 14.7 Å². The first-order valence-corrected chi connectivity index (χ1v) is 27.0. The molecular formula is C57H55Cl2F4N11O7. The fourth-order valence-electron chi connectivity index (χ4n) is 11.0. The van der Waals surface area contributed by atoms with Crippen LogP contribution in [-0.4, -0.2) is 132 Å². The Kier molecular flexibility index (Phi) is 15.6. The Morgan fingerprint density at radius 3 is 2.30 bits per heavy atom. The second-order valence-corrected chi connectivity index (χ2v) is 21.7. The number of nitrogens with one attached hydrogen (secondary N) is 3. The summed E-state index contributed by atoms with van der Waals surface area (Å²) in [6.07, 6.45) is 2.69. The average molecular weight is 1150 g/mol.